The van der Waals surface area contributed by atoms with Crippen LogP contribution in [0.5, 0.6) is 0 Å². The molecule has 5 nitrogen and oxygen atoms in total. The van der Waals surface area contributed by atoms with Gasteiger partial charge in [0.05, 0.1) is 0 Å². The quantitative estimate of drug-likeness (QED) is 0.150. The molecule has 1 amide bonds. The van der Waals surface area contributed by atoms with Gasteiger partial charge >= 0.3 is 0 Å². The number of halogens is 3. The molecule has 0 spiro atoms. The van der Waals surface area contributed by atoms with Crippen LogP contribution in [0.2, 0.25) is 6.82 Å². The van der Waals surface area contributed by atoms with E-state index in [2.05, 4.69) is 112 Å². The zero-order valence-corrected chi connectivity index (χ0v) is 20.3. The van der Waals surface area contributed by atoms with Gasteiger partial charge in [0.2, 0.25) is 27.6 Å². The first-order valence-electron chi connectivity index (χ1n) is 7.71. The zero-order chi connectivity index (χ0) is 17.2. The summed E-state index contributed by atoms with van der Waals surface area (Å²) in [6, 6.07) is 0. The Balaban J connectivity index is 5.29. The molecule has 0 saturated carbocycles. The fraction of sp³-hybridized carbons (Fsp3) is 0.909. The molecule has 0 fully saturated rings. The predicted molar refractivity (Wildman–Crippen MR) is 126 cm³/mol. The number of hydrogen-bond donors (Lipinski definition) is 4. The Morgan fingerprint density at radius 1 is 1.18 bits per heavy atom. The van der Waals surface area contributed by atoms with E-state index in [1.165, 1.54) is 0 Å². The van der Waals surface area contributed by atoms with Crippen molar-refractivity contribution in [2.45, 2.75) is 58.5 Å². The minimum absolute atomic E-state index is 0.133. The van der Waals surface area contributed by atoms with E-state index in [4.69, 9.17) is 0 Å². The van der Waals surface area contributed by atoms with Crippen LogP contribution in [0.25, 0.3) is 0 Å². The number of hydrogen-bond acceptors (Lipinski definition) is 4. The van der Waals surface area contributed by atoms with Crippen LogP contribution in [0.1, 0.15) is 46.5 Å². The van der Waals surface area contributed by atoms with E-state index >= 15 is 0 Å². The van der Waals surface area contributed by atoms with E-state index in [1.807, 2.05) is 0 Å². The van der Waals surface area contributed by atoms with E-state index in [0.29, 0.717) is 14.8 Å². The lowest BCUT2D eigenvalue weighted by molar-refractivity contribution is -0.131. The molecule has 0 aromatic heterocycles. The smallest absolute Gasteiger partial charge is 0.241 e. The molecule has 0 aliphatic heterocycles. The zero-order valence-electron chi connectivity index (χ0n) is 13.9. The Morgan fingerprint density at radius 2 is 1.73 bits per heavy atom. The van der Waals surface area contributed by atoms with Gasteiger partial charge in [0, 0.05) is 79.2 Å². The first-order valence-corrected chi connectivity index (χ1v) is 10.9. The molecule has 11 heteroatoms. The van der Waals surface area contributed by atoms with Gasteiger partial charge in [-0.05, 0) is 12.8 Å². The van der Waals surface area contributed by atoms with Crippen LogP contribution in [0, 0.1) is 5.41 Å². The number of carbonyl (C=O) groups is 1. The molecule has 126 valence electrons. The highest BCUT2D eigenvalue weighted by Gasteiger charge is 2.44. The average Bonchev–Trinajstić information content (AvgIpc) is 2.51. The molecule has 0 saturated heterocycles. The number of amides is 1. The van der Waals surface area contributed by atoms with Crippen molar-refractivity contribution in [3.8, 4) is 0 Å². The van der Waals surface area contributed by atoms with Gasteiger partial charge in [0.25, 0.3) is 0 Å². The van der Waals surface area contributed by atoms with Crippen LogP contribution in [0.15, 0.2) is 0 Å². The molecule has 0 rings (SSSR count). The molecule has 0 bridgehead atoms. The van der Waals surface area contributed by atoms with E-state index in [0.717, 1.165) is 25.7 Å². The van der Waals surface area contributed by atoms with E-state index in [-0.39, 0.29) is 23.4 Å². The second-order valence-corrected chi connectivity index (χ2v) is 8.23. The number of unbranched alkanes of at least 4 members (excludes halogenated alkanes) is 1. The molecule has 1 unspecified atom stereocenters. The molecule has 0 aliphatic carbocycles. The summed E-state index contributed by atoms with van der Waals surface area (Å²) in [5.74, 6) is 0.153. The van der Waals surface area contributed by atoms with Crippen LogP contribution in [-0.4, -0.2) is 32.8 Å². The fourth-order valence-corrected chi connectivity index (χ4v) is 4.26. The molecule has 0 heterocycles. The van der Waals surface area contributed by atoms with Crippen molar-refractivity contribution < 1.29 is 4.79 Å². The molecule has 0 aliphatic rings. The lowest BCUT2D eigenvalue weighted by Gasteiger charge is -2.39. The van der Waals surface area contributed by atoms with Crippen LogP contribution in [0.3, 0.4) is 0 Å². The molecule has 22 heavy (non-hydrogen) atoms. The van der Waals surface area contributed by atoms with Crippen molar-refractivity contribution in [3.05, 3.63) is 0 Å². The Hall–Kier alpha value is 1.73. The topological polar surface area (TPSA) is 65.2 Å². The van der Waals surface area contributed by atoms with Gasteiger partial charge in [-0.3, -0.25) is 8.24 Å². The van der Waals surface area contributed by atoms with Gasteiger partial charge < -0.3 is 12.2 Å². The van der Waals surface area contributed by atoms with Gasteiger partial charge in [0.15, 0.2) is 0 Å². The summed E-state index contributed by atoms with van der Waals surface area (Å²) >= 11 is 6.44. The third-order valence-corrected chi connectivity index (χ3v) is 6.23. The first kappa shape index (κ1) is 23.7. The average molecular weight is 644 g/mol. The molecule has 0 aromatic carbocycles. The summed E-state index contributed by atoms with van der Waals surface area (Å²) in [6.45, 7) is 8.59. The summed E-state index contributed by atoms with van der Waals surface area (Å²) in [4.78, 5) is 13.0. The fourth-order valence-electron chi connectivity index (χ4n) is 2.30. The van der Waals surface area contributed by atoms with Crippen molar-refractivity contribution >= 4 is 96.2 Å². The van der Waals surface area contributed by atoms with E-state index < -0.39 is 0 Å². The summed E-state index contributed by atoms with van der Waals surface area (Å²) in [6.07, 6.45) is 3.99. The molecular weight excluding hydrogens is 617 g/mol. The highest BCUT2D eigenvalue weighted by molar-refractivity contribution is 14.1. The van der Waals surface area contributed by atoms with Crippen LogP contribution in [-0.2, 0) is 4.79 Å². The van der Waals surface area contributed by atoms with Crippen molar-refractivity contribution in [1.82, 2.24) is 15.6 Å². The largest absolute Gasteiger partial charge is 0.367 e. The summed E-state index contributed by atoms with van der Waals surface area (Å²) in [7, 11) is 1.39. The summed E-state index contributed by atoms with van der Waals surface area (Å²) in [5.41, 5.74) is -0.303. The Labute approximate surface area is 178 Å². The maximum absolute atomic E-state index is 13.0. The first-order chi connectivity index (χ1) is 10.4. The van der Waals surface area contributed by atoms with E-state index in [9.17, 15) is 4.79 Å². The Bertz CT molecular complexity index is 338. The lowest BCUT2D eigenvalue weighted by Crippen LogP contribution is -2.73. The SMILES string of the molecule is CCCCC(C)(CC)C(=O)NC(BNI)(BNI)B(C)NI. The normalized spacial score (nSPS) is 14.1. The van der Waals surface area contributed by atoms with Gasteiger partial charge in [-0.15, -0.1) is 0 Å². The Kier molecular flexibility index (Phi) is 13.1. The second-order valence-electron chi connectivity index (χ2n) is 6.08. The van der Waals surface area contributed by atoms with Crippen molar-refractivity contribution in [2.75, 3.05) is 0 Å². The molecule has 0 aromatic rings. The summed E-state index contributed by atoms with van der Waals surface area (Å²) < 4.78 is 9.65. The van der Waals surface area contributed by atoms with Gasteiger partial charge in [-0.25, -0.2) is 0 Å². The molecular formula is C11H26B3I3N4O. The predicted octanol–water partition coefficient (Wildman–Crippen LogP) is 2.05. The van der Waals surface area contributed by atoms with Crippen molar-refractivity contribution in [3.63, 3.8) is 0 Å². The molecule has 1 atom stereocenters. The maximum Gasteiger partial charge on any atom is 0.241 e. The second kappa shape index (κ2) is 12.1. The van der Waals surface area contributed by atoms with Crippen LogP contribution < -0.4 is 15.6 Å². The van der Waals surface area contributed by atoms with Gasteiger partial charge in [-0.2, -0.15) is 0 Å². The number of rotatable bonds is 12. The standard InChI is InChI=1S/C11H26B3I3N4O/c1-5-7-8-10(3,6-2)9(22)18-11(12-19-15,13-20-16)14(4)21-17/h12-13,19-21H,5-8H2,1-4H3,(H,18,22). The molecule has 4 N–H and O–H groups in total. The summed E-state index contributed by atoms with van der Waals surface area (Å²) in [5, 5.41) is 2.97. The van der Waals surface area contributed by atoms with Crippen LogP contribution in [0.4, 0.5) is 0 Å². The number of nitrogens with one attached hydrogen (secondary N) is 4. The Morgan fingerprint density at radius 3 is 2.09 bits per heavy atom. The monoisotopic (exact) mass is 644 g/mol. The van der Waals surface area contributed by atoms with Gasteiger partial charge in [-0.1, -0.05) is 40.4 Å². The van der Waals surface area contributed by atoms with Crippen molar-refractivity contribution in [1.29, 1.82) is 0 Å². The highest BCUT2D eigenvalue weighted by Crippen LogP contribution is 2.29. The third kappa shape index (κ3) is 6.92. The maximum atomic E-state index is 13.0. The highest BCUT2D eigenvalue weighted by atomic mass is 127. The number of carbonyl (C=O) groups excluding carboxylic acids is 1. The lowest BCUT2D eigenvalue weighted by atomic mass is 9.26. The van der Waals surface area contributed by atoms with Crippen LogP contribution >= 0.6 is 68.6 Å². The van der Waals surface area contributed by atoms with E-state index in [1.54, 1.807) is 0 Å². The van der Waals surface area contributed by atoms with Gasteiger partial charge in [0.1, 0.15) is 0 Å². The minimum atomic E-state index is -0.372. The molecule has 0 radical (unpaired) electrons. The van der Waals surface area contributed by atoms with Crippen molar-refractivity contribution in [2.24, 2.45) is 5.41 Å². The third-order valence-electron chi connectivity index (χ3n) is 4.53. The minimum Gasteiger partial charge on any atom is -0.367 e.